The molecule has 0 heterocycles. The molecule has 0 fully saturated rings. The van der Waals surface area contributed by atoms with Crippen LogP contribution in [0, 0.1) is 0 Å². The van der Waals surface area contributed by atoms with Crippen LogP contribution in [0.4, 0.5) is 5.69 Å². The van der Waals surface area contributed by atoms with Crippen molar-refractivity contribution in [3.8, 4) is 5.75 Å². The van der Waals surface area contributed by atoms with Gasteiger partial charge in [-0.3, -0.25) is 13.9 Å². The van der Waals surface area contributed by atoms with E-state index in [1.807, 2.05) is 75.4 Å². The second-order valence-corrected chi connectivity index (χ2v) is 15.2. The Bertz CT molecular complexity index is 1760. The maximum absolute atomic E-state index is 14.7. The summed E-state index contributed by atoms with van der Waals surface area (Å²) in [6.07, 6.45) is 0.213. The van der Waals surface area contributed by atoms with Crippen molar-refractivity contribution >= 4 is 55.1 Å². The predicted octanol–water partition coefficient (Wildman–Crippen LogP) is 7.25. The zero-order valence-electron chi connectivity index (χ0n) is 26.8. The summed E-state index contributed by atoms with van der Waals surface area (Å²) in [5.74, 6) is -0.624. The number of carbonyl (C=O) groups is 2. The molecule has 11 heteroatoms. The van der Waals surface area contributed by atoms with Crippen molar-refractivity contribution < 1.29 is 22.7 Å². The van der Waals surface area contributed by atoms with E-state index in [2.05, 4.69) is 21.2 Å². The molecular formula is C36H39BrClN3O5S. The highest BCUT2D eigenvalue weighted by atomic mass is 79.9. The largest absolute Gasteiger partial charge is 0.492 e. The number of para-hydroxylation sites is 2. The Morgan fingerprint density at radius 2 is 1.49 bits per heavy atom. The van der Waals surface area contributed by atoms with Crippen LogP contribution in [0.25, 0.3) is 0 Å². The SMILES string of the molecule is CCOc1ccccc1N(CC(=O)N(Cc1ccc(Br)cc1)C(Cc1ccccc1)C(=O)NC(C)(C)C)S(=O)(=O)c1ccc(Cl)cc1. The van der Waals surface area contributed by atoms with Gasteiger partial charge >= 0.3 is 0 Å². The zero-order chi connectivity index (χ0) is 34.2. The molecule has 0 saturated heterocycles. The molecule has 0 bridgehead atoms. The van der Waals surface area contributed by atoms with Crippen LogP contribution >= 0.6 is 27.5 Å². The van der Waals surface area contributed by atoms with Crippen molar-refractivity contribution in [2.24, 2.45) is 0 Å². The number of amides is 2. The van der Waals surface area contributed by atoms with E-state index in [-0.39, 0.29) is 36.1 Å². The average Bonchev–Trinajstić information content (AvgIpc) is 3.02. The zero-order valence-corrected chi connectivity index (χ0v) is 30.0. The van der Waals surface area contributed by atoms with Crippen LogP contribution in [0.3, 0.4) is 0 Å². The molecule has 0 radical (unpaired) electrons. The summed E-state index contributed by atoms with van der Waals surface area (Å²) in [5.41, 5.74) is 1.23. The number of nitrogens with one attached hydrogen (secondary N) is 1. The molecule has 0 aliphatic heterocycles. The van der Waals surface area contributed by atoms with Gasteiger partial charge < -0.3 is 15.0 Å². The van der Waals surface area contributed by atoms with Gasteiger partial charge in [0.15, 0.2) is 0 Å². The summed E-state index contributed by atoms with van der Waals surface area (Å²) in [6, 6.07) is 28.3. The summed E-state index contributed by atoms with van der Waals surface area (Å²) < 4.78 is 36.3. The Labute approximate surface area is 290 Å². The lowest BCUT2D eigenvalue weighted by molar-refractivity contribution is -0.140. The number of ether oxygens (including phenoxy) is 1. The predicted molar refractivity (Wildman–Crippen MR) is 190 cm³/mol. The highest BCUT2D eigenvalue weighted by Crippen LogP contribution is 2.33. The molecule has 248 valence electrons. The van der Waals surface area contributed by atoms with Crippen LogP contribution in [0.1, 0.15) is 38.8 Å². The molecule has 0 spiro atoms. The van der Waals surface area contributed by atoms with Crippen molar-refractivity contribution in [1.82, 2.24) is 10.2 Å². The lowest BCUT2D eigenvalue weighted by Gasteiger charge is -2.35. The number of nitrogens with zero attached hydrogens (tertiary/aromatic N) is 2. The van der Waals surface area contributed by atoms with E-state index >= 15 is 0 Å². The van der Waals surface area contributed by atoms with Crippen molar-refractivity contribution in [2.75, 3.05) is 17.5 Å². The minimum Gasteiger partial charge on any atom is -0.492 e. The highest BCUT2D eigenvalue weighted by Gasteiger charge is 2.36. The third-order valence-electron chi connectivity index (χ3n) is 7.15. The van der Waals surface area contributed by atoms with E-state index in [1.54, 1.807) is 31.2 Å². The third kappa shape index (κ3) is 9.82. The number of rotatable bonds is 13. The summed E-state index contributed by atoms with van der Waals surface area (Å²) in [6.45, 7) is 7.15. The molecule has 8 nitrogen and oxygen atoms in total. The Hall–Kier alpha value is -3.86. The Morgan fingerprint density at radius 1 is 0.872 bits per heavy atom. The van der Waals surface area contributed by atoms with Crippen LogP contribution in [-0.2, 0) is 32.6 Å². The first-order chi connectivity index (χ1) is 22.3. The molecule has 0 aromatic heterocycles. The standard InChI is InChI=1S/C36H39BrClN3O5S/c1-5-46-33-14-10-9-13-31(33)41(47(44,45)30-21-19-29(38)20-22-30)25-34(42)40(24-27-15-17-28(37)18-16-27)32(35(43)39-36(2,3)4)23-26-11-7-6-8-12-26/h6-22,32H,5,23-25H2,1-4H3,(H,39,43). The fraction of sp³-hybridized carbons (Fsp3) is 0.278. The van der Waals surface area contributed by atoms with Gasteiger partial charge in [-0.05, 0) is 87.4 Å². The van der Waals surface area contributed by atoms with E-state index in [4.69, 9.17) is 16.3 Å². The summed E-state index contributed by atoms with van der Waals surface area (Å²) >= 11 is 9.54. The minimum atomic E-state index is -4.31. The molecule has 4 aromatic rings. The molecule has 0 aliphatic rings. The van der Waals surface area contributed by atoms with Gasteiger partial charge in [-0.15, -0.1) is 0 Å². The molecular weight excluding hydrogens is 702 g/mol. The van der Waals surface area contributed by atoms with Gasteiger partial charge in [-0.2, -0.15) is 0 Å². The Morgan fingerprint density at radius 3 is 2.11 bits per heavy atom. The Balaban J connectivity index is 1.85. The topological polar surface area (TPSA) is 96.0 Å². The van der Waals surface area contributed by atoms with Gasteiger partial charge in [-0.1, -0.05) is 82.1 Å². The van der Waals surface area contributed by atoms with Gasteiger partial charge in [0.05, 0.1) is 17.2 Å². The van der Waals surface area contributed by atoms with E-state index in [9.17, 15) is 18.0 Å². The number of hydrogen-bond acceptors (Lipinski definition) is 5. The van der Waals surface area contributed by atoms with E-state index in [0.717, 1.165) is 19.9 Å². The third-order valence-corrected chi connectivity index (χ3v) is 9.70. The van der Waals surface area contributed by atoms with Crippen molar-refractivity contribution in [3.05, 3.63) is 124 Å². The molecule has 1 N–H and O–H groups in total. The number of anilines is 1. The van der Waals surface area contributed by atoms with Crippen molar-refractivity contribution in [3.63, 3.8) is 0 Å². The number of carbonyl (C=O) groups excluding carboxylic acids is 2. The molecule has 0 saturated carbocycles. The van der Waals surface area contributed by atoms with Crippen LogP contribution in [0.2, 0.25) is 5.02 Å². The van der Waals surface area contributed by atoms with Crippen LogP contribution < -0.4 is 14.4 Å². The maximum atomic E-state index is 14.7. The fourth-order valence-corrected chi connectivity index (χ4v) is 6.80. The van der Waals surface area contributed by atoms with Crippen molar-refractivity contribution in [2.45, 2.75) is 57.1 Å². The summed E-state index contributed by atoms with van der Waals surface area (Å²) in [7, 11) is -4.31. The second kappa shape index (κ2) is 15.8. The first-order valence-corrected chi connectivity index (χ1v) is 17.8. The number of halogens is 2. The first-order valence-electron chi connectivity index (χ1n) is 15.2. The first kappa shape index (κ1) is 36.0. The number of benzene rings is 4. The van der Waals surface area contributed by atoms with Gasteiger partial charge in [0.25, 0.3) is 10.0 Å². The van der Waals surface area contributed by atoms with Gasteiger partial charge in [0.1, 0.15) is 18.3 Å². The summed E-state index contributed by atoms with van der Waals surface area (Å²) in [5, 5.41) is 3.41. The van der Waals surface area contributed by atoms with Gasteiger partial charge in [0.2, 0.25) is 11.8 Å². The van der Waals surface area contributed by atoms with Gasteiger partial charge in [-0.25, -0.2) is 8.42 Å². The highest BCUT2D eigenvalue weighted by molar-refractivity contribution is 9.10. The van der Waals surface area contributed by atoms with Crippen LogP contribution in [-0.4, -0.2) is 49.9 Å². The number of hydrogen-bond donors (Lipinski definition) is 1. The van der Waals surface area contributed by atoms with Crippen LogP contribution in [0.5, 0.6) is 5.75 Å². The second-order valence-electron chi connectivity index (χ2n) is 12.0. The minimum absolute atomic E-state index is 0.0493. The quantitative estimate of drug-likeness (QED) is 0.156. The lowest BCUT2D eigenvalue weighted by Crippen LogP contribution is -2.56. The molecule has 1 atom stereocenters. The molecule has 4 rings (SSSR count). The average molecular weight is 741 g/mol. The molecule has 0 aliphatic carbocycles. The normalized spacial score (nSPS) is 12.2. The number of sulfonamides is 1. The molecule has 2 amide bonds. The molecule has 47 heavy (non-hydrogen) atoms. The van der Waals surface area contributed by atoms with Gasteiger partial charge in [0, 0.05) is 28.0 Å². The smallest absolute Gasteiger partial charge is 0.264 e. The fourth-order valence-electron chi connectivity index (χ4n) is 4.98. The Kier molecular flexibility index (Phi) is 12.1. The summed E-state index contributed by atoms with van der Waals surface area (Å²) in [4.78, 5) is 30.1. The van der Waals surface area contributed by atoms with Crippen LogP contribution in [0.15, 0.2) is 112 Å². The maximum Gasteiger partial charge on any atom is 0.264 e. The van der Waals surface area contributed by atoms with Crippen molar-refractivity contribution in [1.29, 1.82) is 0 Å². The monoisotopic (exact) mass is 739 g/mol. The lowest BCUT2D eigenvalue weighted by atomic mass is 10.0. The van der Waals surface area contributed by atoms with E-state index in [1.165, 1.54) is 29.2 Å². The molecule has 4 aromatic carbocycles. The molecule has 1 unspecified atom stereocenters. The van der Waals surface area contributed by atoms with E-state index in [0.29, 0.717) is 10.8 Å². The van der Waals surface area contributed by atoms with E-state index < -0.39 is 34.1 Å².